The monoisotopic (exact) mass is 370 g/mol. The first-order valence-corrected chi connectivity index (χ1v) is 9.91. The molecular formula is C21H33F3N2. The lowest BCUT2D eigenvalue weighted by atomic mass is 9.93. The molecule has 1 aromatic rings. The quantitative estimate of drug-likeness (QED) is 0.630. The number of nitrogens with zero attached hydrogens (tertiary/aromatic N) is 2. The van der Waals surface area contributed by atoms with E-state index in [1.54, 1.807) is 6.07 Å². The molecule has 0 saturated carbocycles. The fraction of sp³-hybridized carbons (Fsp3) is 0.714. The molecule has 1 heterocycles. The maximum Gasteiger partial charge on any atom is 0.416 e. The van der Waals surface area contributed by atoms with Gasteiger partial charge in [0.2, 0.25) is 0 Å². The summed E-state index contributed by atoms with van der Waals surface area (Å²) in [5.41, 5.74) is 0.239. The third-order valence-electron chi connectivity index (χ3n) is 5.77. The van der Waals surface area contributed by atoms with Gasteiger partial charge in [0.05, 0.1) is 5.56 Å². The summed E-state index contributed by atoms with van der Waals surface area (Å²) in [6.07, 6.45) is -1.41. The molecule has 148 valence electrons. The van der Waals surface area contributed by atoms with Crippen molar-refractivity contribution in [1.29, 1.82) is 0 Å². The maximum atomic E-state index is 13.2. The number of hydrogen-bond acceptors (Lipinski definition) is 2. The van der Waals surface area contributed by atoms with Gasteiger partial charge in [-0.05, 0) is 50.8 Å². The van der Waals surface area contributed by atoms with Gasteiger partial charge >= 0.3 is 6.18 Å². The minimum atomic E-state index is -4.29. The van der Waals surface area contributed by atoms with E-state index in [1.807, 2.05) is 6.07 Å². The maximum absolute atomic E-state index is 13.2. The molecule has 1 fully saturated rings. The van der Waals surface area contributed by atoms with Crippen LogP contribution in [0.25, 0.3) is 0 Å². The highest BCUT2D eigenvalue weighted by atomic mass is 19.4. The highest BCUT2D eigenvalue weighted by Crippen LogP contribution is 2.36. The van der Waals surface area contributed by atoms with Crippen molar-refractivity contribution in [3.8, 4) is 0 Å². The predicted molar refractivity (Wildman–Crippen MR) is 101 cm³/mol. The number of rotatable bonds is 6. The molecule has 0 spiro atoms. The Morgan fingerprint density at radius 2 is 1.58 bits per heavy atom. The highest BCUT2D eigenvalue weighted by Gasteiger charge is 2.37. The van der Waals surface area contributed by atoms with Crippen LogP contribution in [0.1, 0.15) is 71.0 Å². The van der Waals surface area contributed by atoms with Crippen LogP contribution in [0.15, 0.2) is 24.3 Å². The molecule has 1 aromatic carbocycles. The standard InChI is InChI=1S/C21H33F3N2/c1-6-18-14-26(19(7-2)13-25(18)15(4)5)20(8-3)16-10-9-11-17(12-16)21(22,23)24/h9-12,15,18-20H,6-8,13-14H2,1-5H3/t18-,19+,20-/m0/s1. The van der Waals surface area contributed by atoms with Gasteiger partial charge in [-0.25, -0.2) is 0 Å². The van der Waals surface area contributed by atoms with Crippen LogP contribution in [-0.2, 0) is 6.18 Å². The Morgan fingerprint density at radius 3 is 2.08 bits per heavy atom. The van der Waals surface area contributed by atoms with E-state index in [0.29, 0.717) is 18.1 Å². The molecule has 0 unspecified atom stereocenters. The van der Waals surface area contributed by atoms with E-state index in [4.69, 9.17) is 0 Å². The summed E-state index contributed by atoms with van der Waals surface area (Å²) in [5.74, 6) is 0. The largest absolute Gasteiger partial charge is 0.416 e. The molecule has 0 bridgehead atoms. The van der Waals surface area contributed by atoms with Crippen molar-refractivity contribution in [1.82, 2.24) is 9.80 Å². The topological polar surface area (TPSA) is 6.48 Å². The second-order valence-electron chi connectivity index (χ2n) is 7.66. The average Bonchev–Trinajstić information content (AvgIpc) is 2.61. The molecule has 2 nitrogen and oxygen atoms in total. The third-order valence-corrected chi connectivity index (χ3v) is 5.77. The van der Waals surface area contributed by atoms with Gasteiger partial charge in [-0.1, -0.05) is 32.9 Å². The van der Waals surface area contributed by atoms with Crippen molar-refractivity contribution in [3.05, 3.63) is 35.4 Å². The molecule has 1 saturated heterocycles. The highest BCUT2D eigenvalue weighted by molar-refractivity contribution is 5.28. The lowest BCUT2D eigenvalue weighted by Gasteiger charge is -2.50. The van der Waals surface area contributed by atoms with Gasteiger partial charge < -0.3 is 0 Å². The van der Waals surface area contributed by atoms with Gasteiger partial charge in [-0.2, -0.15) is 13.2 Å². The van der Waals surface area contributed by atoms with Gasteiger partial charge in [0, 0.05) is 37.3 Å². The zero-order chi connectivity index (χ0) is 19.5. The second kappa shape index (κ2) is 8.75. The summed E-state index contributed by atoms with van der Waals surface area (Å²) in [6, 6.07) is 7.26. The first-order valence-electron chi connectivity index (χ1n) is 9.91. The summed E-state index contributed by atoms with van der Waals surface area (Å²) in [7, 11) is 0. The third kappa shape index (κ3) is 4.61. The van der Waals surface area contributed by atoms with Crippen molar-refractivity contribution >= 4 is 0 Å². The molecule has 26 heavy (non-hydrogen) atoms. The lowest BCUT2D eigenvalue weighted by Crippen LogP contribution is -2.60. The molecule has 5 heteroatoms. The van der Waals surface area contributed by atoms with Crippen LogP contribution in [-0.4, -0.2) is 41.0 Å². The fourth-order valence-electron chi connectivity index (χ4n) is 4.32. The van der Waals surface area contributed by atoms with Crippen molar-refractivity contribution in [2.24, 2.45) is 0 Å². The Hall–Kier alpha value is -1.07. The Bertz CT molecular complexity index is 571. The summed E-state index contributed by atoms with van der Waals surface area (Å²) >= 11 is 0. The molecule has 0 amide bonds. The molecular weight excluding hydrogens is 337 g/mol. The van der Waals surface area contributed by atoms with Crippen LogP contribution in [0.3, 0.4) is 0 Å². The van der Waals surface area contributed by atoms with E-state index >= 15 is 0 Å². The van der Waals surface area contributed by atoms with Crippen LogP contribution >= 0.6 is 0 Å². The van der Waals surface area contributed by atoms with Gasteiger partial charge in [0.1, 0.15) is 0 Å². The number of alkyl halides is 3. The minimum Gasteiger partial charge on any atom is -0.295 e. The normalized spacial score (nSPS) is 24.2. The Labute approximate surface area is 156 Å². The van der Waals surface area contributed by atoms with Crippen LogP contribution in [0.5, 0.6) is 0 Å². The molecule has 3 atom stereocenters. The summed E-state index contributed by atoms with van der Waals surface area (Å²) < 4.78 is 39.5. The summed E-state index contributed by atoms with van der Waals surface area (Å²) in [4.78, 5) is 5.02. The van der Waals surface area contributed by atoms with E-state index < -0.39 is 11.7 Å². The van der Waals surface area contributed by atoms with Crippen LogP contribution in [0.2, 0.25) is 0 Å². The van der Waals surface area contributed by atoms with Gasteiger partial charge in [0.15, 0.2) is 0 Å². The summed E-state index contributed by atoms with van der Waals surface area (Å²) in [6.45, 7) is 12.8. The Morgan fingerprint density at radius 1 is 1.00 bits per heavy atom. The van der Waals surface area contributed by atoms with Crippen molar-refractivity contribution in [2.45, 2.75) is 84.2 Å². The SMILES string of the molecule is CC[C@H]1CN([C@@H](CC)c2cccc(C(F)(F)F)c2)[C@H](CC)CN1C(C)C. The van der Waals surface area contributed by atoms with Crippen molar-refractivity contribution in [2.75, 3.05) is 13.1 Å². The van der Waals surface area contributed by atoms with E-state index in [2.05, 4.69) is 44.4 Å². The number of halogens is 3. The fourth-order valence-corrected chi connectivity index (χ4v) is 4.32. The Kier molecular flexibility index (Phi) is 7.14. The number of hydrogen-bond donors (Lipinski definition) is 0. The molecule has 0 N–H and O–H groups in total. The van der Waals surface area contributed by atoms with Gasteiger partial charge in [0.25, 0.3) is 0 Å². The second-order valence-corrected chi connectivity index (χ2v) is 7.66. The number of benzene rings is 1. The first kappa shape index (κ1) is 21.2. The zero-order valence-corrected chi connectivity index (χ0v) is 16.7. The van der Waals surface area contributed by atoms with E-state index in [-0.39, 0.29) is 6.04 Å². The number of piperazine rings is 1. The van der Waals surface area contributed by atoms with E-state index in [0.717, 1.165) is 37.9 Å². The van der Waals surface area contributed by atoms with Crippen molar-refractivity contribution < 1.29 is 13.2 Å². The average molecular weight is 371 g/mol. The smallest absolute Gasteiger partial charge is 0.295 e. The van der Waals surface area contributed by atoms with Crippen molar-refractivity contribution in [3.63, 3.8) is 0 Å². The molecule has 1 aliphatic heterocycles. The zero-order valence-electron chi connectivity index (χ0n) is 16.7. The van der Waals surface area contributed by atoms with Gasteiger partial charge in [-0.15, -0.1) is 0 Å². The van der Waals surface area contributed by atoms with Gasteiger partial charge in [-0.3, -0.25) is 9.80 Å². The van der Waals surface area contributed by atoms with E-state index in [9.17, 15) is 13.2 Å². The summed E-state index contributed by atoms with van der Waals surface area (Å²) in [5, 5.41) is 0. The molecule has 0 aliphatic carbocycles. The predicted octanol–water partition coefficient (Wildman–Crippen LogP) is 5.74. The lowest BCUT2D eigenvalue weighted by molar-refractivity contribution is -0.137. The van der Waals surface area contributed by atoms with Crippen LogP contribution in [0, 0.1) is 0 Å². The minimum absolute atomic E-state index is 0.0330. The van der Waals surface area contributed by atoms with Crippen LogP contribution < -0.4 is 0 Å². The molecule has 1 aliphatic rings. The molecule has 2 rings (SSSR count). The first-order chi connectivity index (χ1) is 12.2. The molecule has 0 aromatic heterocycles. The molecule has 0 radical (unpaired) electrons. The van der Waals surface area contributed by atoms with E-state index in [1.165, 1.54) is 12.1 Å². The van der Waals surface area contributed by atoms with Crippen LogP contribution in [0.4, 0.5) is 13.2 Å². The Balaban J connectivity index is 2.33.